The van der Waals surface area contributed by atoms with Gasteiger partial charge >= 0.3 is 5.97 Å². The van der Waals surface area contributed by atoms with E-state index in [0.29, 0.717) is 5.56 Å². The van der Waals surface area contributed by atoms with E-state index in [0.717, 1.165) is 17.8 Å². The highest BCUT2D eigenvalue weighted by Crippen LogP contribution is 2.10. The number of ether oxygens (including phenoxy) is 1. The molecule has 0 saturated heterocycles. The average Bonchev–Trinajstić information content (AvgIpc) is 2.53. The lowest BCUT2D eigenvalue weighted by molar-refractivity contribution is 0.0600. The number of carbonyl (C=O) groups excluding carboxylic acids is 1. The number of carbonyl (C=O) groups is 1. The zero-order chi connectivity index (χ0) is 14.4. The third kappa shape index (κ3) is 3.65. The summed E-state index contributed by atoms with van der Waals surface area (Å²) >= 11 is 0. The van der Waals surface area contributed by atoms with Crippen molar-refractivity contribution in [3.05, 3.63) is 65.5 Å². The zero-order valence-corrected chi connectivity index (χ0v) is 11.7. The van der Waals surface area contributed by atoms with Crippen molar-refractivity contribution in [3.63, 3.8) is 0 Å². The van der Waals surface area contributed by atoms with Crippen LogP contribution in [0.2, 0.25) is 0 Å². The Morgan fingerprint density at radius 2 is 2.00 bits per heavy atom. The molecular weight excluding hydrogens is 252 g/mol. The normalized spacial score (nSPS) is 11.9. The Balaban J connectivity index is 1.93. The average molecular weight is 270 g/mol. The molecule has 1 atom stereocenters. The van der Waals surface area contributed by atoms with Gasteiger partial charge in [0, 0.05) is 18.8 Å². The van der Waals surface area contributed by atoms with Gasteiger partial charge in [0.25, 0.3) is 0 Å². The first-order valence-electron chi connectivity index (χ1n) is 6.52. The Bertz CT molecular complexity index is 552. The maximum Gasteiger partial charge on any atom is 0.337 e. The van der Waals surface area contributed by atoms with E-state index in [9.17, 15) is 4.79 Å². The molecule has 2 aromatic rings. The first kappa shape index (κ1) is 14.2. The molecule has 4 nitrogen and oxygen atoms in total. The lowest BCUT2D eigenvalue weighted by Crippen LogP contribution is -2.19. The Morgan fingerprint density at radius 1 is 1.25 bits per heavy atom. The minimum absolute atomic E-state index is 0.177. The van der Waals surface area contributed by atoms with Crippen molar-refractivity contribution in [2.75, 3.05) is 7.11 Å². The molecule has 4 heteroatoms. The van der Waals surface area contributed by atoms with Crippen molar-refractivity contribution in [1.29, 1.82) is 0 Å². The maximum absolute atomic E-state index is 11.3. The third-order valence-electron chi connectivity index (χ3n) is 3.12. The standard InChI is InChI=1S/C16H18N2O2/c1-12(15-5-3-4-10-17-15)18-11-13-6-8-14(9-7-13)16(19)20-2/h3-10,12,18H,11H2,1-2H3/t12-/m0/s1. The van der Waals surface area contributed by atoms with Gasteiger partial charge in [-0.15, -0.1) is 0 Å². The number of rotatable bonds is 5. The number of hydrogen-bond donors (Lipinski definition) is 1. The SMILES string of the molecule is COC(=O)c1ccc(CN[C@@H](C)c2ccccn2)cc1. The molecule has 1 aromatic heterocycles. The molecule has 1 aromatic carbocycles. The van der Waals surface area contributed by atoms with Crippen LogP contribution in [0, 0.1) is 0 Å². The van der Waals surface area contributed by atoms with E-state index >= 15 is 0 Å². The summed E-state index contributed by atoms with van der Waals surface area (Å²) in [6, 6.07) is 13.4. The Kier molecular flexibility index (Phi) is 4.85. The van der Waals surface area contributed by atoms with Crippen molar-refractivity contribution in [3.8, 4) is 0 Å². The highest BCUT2D eigenvalue weighted by Gasteiger charge is 2.07. The van der Waals surface area contributed by atoms with E-state index in [2.05, 4.69) is 22.0 Å². The van der Waals surface area contributed by atoms with Gasteiger partial charge in [-0.05, 0) is 36.8 Å². The fourth-order valence-corrected chi connectivity index (χ4v) is 1.88. The Morgan fingerprint density at radius 3 is 2.60 bits per heavy atom. The number of nitrogens with one attached hydrogen (secondary N) is 1. The van der Waals surface area contributed by atoms with E-state index in [1.165, 1.54) is 7.11 Å². The fourth-order valence-electron chi connectivity index (χ4n) is 1.88. The minimum atomic E-state index is -0.314. The molecule has 0 saturated carbocycles. The summed E-state index contributed by atoms with van der Waals surface area (Å²) in [7, 11) is 1.38. The molecule has 20 heavy (non-hydrogen) atoms. The second kappa shape index (κ2) is 6.82. The summed E-state index contributed by atoms with van der Waals surface area (Å²) in [5, 5.41) is 3.40. The number of aromatic nitrogens is 1. The Labute approximate surface area is 118 Å². The van der Waals surface area contributed by atoms with Crippen LogP contribution in [0.1, 0.15) is 34.6 Å². The van der Waals surface area contributed by atoms with Crippen molar-refractivity contribution < 1.29 is 9.53 Å². The molecule has 0 aliphatic carbocycles. The molecule has 0 amide bonds. The summed E-state index contributed by atoms with van der Waals surface area (Å²) in [6.45, 7) is 2.80. The summed E-state index contributed by atoms with van der Waals surface area (Å²) in [6.07, 6.45) is 1.79. The summed E-state index contributed by atoms with van der Waals surface area (Å²) in [5.41, 5.74) is 2.69. The van der Waals surface area contributed by atoms with Gasteiger partial charge in [0.05, 0.1) is 18.4 Å². The lowest BCUT2D eigenvalue weighted by Gasteiger charge is -2.13. The van der Waals surface area contributed by atoms with Gasteiger partial charge in [0.15, 0.2) is 0 Å². The summed E-state index contributed by atoms with van der Waals surface area (Å²) < 4.78 is 4.67. The van der Waals surface area contributed by atoms with Crippen LogP contribution in [0.5, 0.6) is 0 Å². The van der Waals surface area contributed by atoms with Crippen molar-refractivity contribution >= 4 is 5.97 Å². The second-order valence-electron chi connectivity index (χ2n) is 4.55. The molecule has 2 rings (SSSR count). The number of benzene rings is 1. The molecule has 0 fully saturated rings. The van der Waals surface area contributed by atoms with Gasteiger partial charge < -0.3 is 10.1 Å². The molecule has 0 radical (unpaired) electrons. The molecule has 0 spiro atoms. The molecule has 1 heterocycles. The molecule has 0 unspecified atom stereocenters. The number of nitrogens with zero attached hydrogens (tertiary/aromatic N) is 1. The lowest BCUT2D eigenvalue weighted by atomic mass is 10.1. The summed E-state index contributed by atoms with van der Waals surface area (Å²) in [4.78, 5) is 15.6. The second-order valence-corrected chi connectivity index (χ2v) is 4.55. The number of methoxy groups -OCH3 is 1. The summed E-state index contributed by atoms with van der Waals surface area (Å²) in [5.74, 6) is -0.314. The van der Waals surface area contributed by atoms with Gasteiger partial charge in [0.2, 0.25) is 0 Å². The quantitative estimate of drug-likeness (QED) is 0.849. The first-order valence-corrected chi connectivity index (χ1v) is 6.52. The monoisotopic (exact) mass is 270 g/mol. The maximum atomic E-state index is 11.3. The van der Waals surface area contributed by atoms with Gasteiger partial charge in [-0.25, -0.2) is 4.79 Å². The van der Waals surface area contributed by atoms with Crippen LogP contribution in [0.4, 0.5) is 0 Å². The largest absolute Gasteiger partial charge is 0.465 e. The highest BCUT2D eigenvalue weighted by molar-refractivity contribution is 5.89. The van der Waals surface area contributed by atoms with Crippen molar-refractivity contribution in [2.24, 2.45) is 0 Å². The number of pyridine rings is 1. The topological polar surface area (TPSA) is 51.2 Å². The first-order chi connectivity index (χ1) is 9.70. The molecule has 1 N–H and O–H groups in total. The van der Waals surface area contributed by atoms with Crippen LogP contribution >= 0.6 is 0 Å². The molecule has 0 aliphatic heterocycles. The predicted molar refractivity (Wildman–Crippen MR) is 77.3 cm³/mol. The van der Waals surface area contributed by atoms with E-state index in [-0.39, 0.29) is 12.0 Å². The number of hydrogen-bond acceptors (Lipinski definition) is 4. The van der Waals surface area contributed by atoms with E-state index < -0.39 is 0 Å². The van der Waals surface area contributed by atoms with Gasteiger partial charge in [0.1, 0.15) is 0 Å². The number of esters is 1. The third-order valence-corrected chi connectivity index (χ3v) is 3.12. The smallest absolute Gasteiger partial charge is 0.337 e. The van der Waals surface area contributed by atoms with E-state index in [1.54, 1.807) is 18.3 Å². The van der Waals surface area contributed by atoms with Crippen molar-refractivity contribution in [1.82, 2.24) is 10.3 Å². The highest BCUT2D eigenvalue weighted by atomic mass is 16.5. The van der Waals surface area contributed by atoms with E-state index in [4.69, 9.17) is 0 Å². The van der Waals surface area contributed by atoms with Gasteiger partial charge in [-0.3, -0.25) is 4.98 Å². The molecule has 104 valence electrons. The zero-order valence-electron chi connectivity index (χ0n) is 11.7. The van der Waals surface area contributed by atoms with Crippen molar-refractivity contribution in [2.45, 2.75) is 19.5 Å². The Hall–Kier alpha value is -2.20. The fraction of sp³-hybridized carbons (Fsp3) is 0.250. The van der Waals surface area contributed by atoms with Crippen LogP contribution in [0.15, 0.2) is 48.7 Å². The van der Waals surface area contributed by atoms with Gasteiger partial charge in [-0.1, -0.05) is 18.2 Å². The van der Waals surface area contributed by atoms with Crippen LogP contribution in [0.25, 0.3) is 0 Å². The molecular formula is C16H18N2O2. The molecule has 0 bridgehead atoms. The van der Waals surface area contributed by atoms with Crippen LogP contribution in [0.3, 0.4) is 0 Å². The van der Waals surface area contributed by atoms with Gasteiger partial charge in [-0.2, -0.15) is 0 Å². The minimum Gasteiger partial charge on any atom is -0.465 e. The predicted octanol–water partition coefficient (Wildman–Crippen LogP) is 2.72. The van der Waals surface area contributed by atoms with E-state index in [1.807, 2.05) is 30.3 Å². The molecule has 0 aliphatic rings. The van der Waals surface area contributed by atoms with Crippen LogP contribution in [-0.2, 0) is 11.3 Å². The van der Waals surface area contributed by atoms with Crippen LogP contribution in [-0.4, -0.2) is 18.1 Å². The van der Waals surface area contributed by atoms with Crippen LogP contribution < -0.4 is 5.32 Å².